The molecule has 0 spiro atoms. The van der Waals surface area contributed by atoms with Gasteiger partial charge in [-0.2, -0.15) is 0 Å². The molecule has 0 bridgehead atoms. The lowest BCUT2D eigenvalue weighted by molar-refractivity contribution is -0.119. The molecular weight excluding hydrogens is 340 g/mol. The third-order valence-corrected chi connectivity index (χ3v) is 4.35. The van der Waals surface area contributed by atoms with Gasteiger partial charge in [0.05, 0.1) is 23.1 Å². The smallest absolute Gasteiger partial charge is 0.240 e. The van der Waals surface area contributed by atoms with Gasteiger partial charge in [0.2, 0.25) is 15.9 Å². The van der Waals surface area contributed by atoms with Gasteiger partial charge in [-0.15, -0.1) is 0 Å². The van der Waals surface area contributed by atoms with Crippen LogP contribution in [0, 0.1) is 0 Å². The van der Waals surface area contributed by atoms with Crippen molar-refractivity contribution in [1.29, 1.82) is 0 Å². The fraction of sp³-hybridized carbons (Fsp3) is 0.533. The summed E-state index contributed by atoms with van der Waals surface area (Å²) < 4.78 is 30.2. The zero-order valence-electron chi connectivity index (χ0n) is 13.6. The van der Waals surface area contributed by atoms with Crippen LogP contribution in [0.4, 0.5) is 5.69 Å². The van der Waals surface area contributed by atoms with Gasteiger partial charge < -0.3 is 10.1 Å². The van der Waals surface area contributed by atoms with E-state index < -0.39 is 10.0 Å². The van der Waals surface area contributed by atoms with Crippen molar-refractivity contribution in [3.8, 4) is 0 Å². The fourth-order valence-electron chi connectivity index (χ4n) is 1.84. The number of amides is 1. The highest BCUT2D eigenvalue weighted by atomic mass is 35.5. The first-order valence-electron chi connectivity index (χ1n) is 7.32. The Hall–Kier alpha value is -1.31. The minimum atomic E-state index is -3.62. The number of halogens is 1. The number of sulfonamides is 1. The van der Waals surface area contributed by atoms with Gasteiger partial charge in [-0.25, -0.2) is 8.42 Å². The number of benzene rings is 1. The predicted octanol–water partition coefficient (Wildman–Crippen LogP) is 2.04. The highest BCUT2D eigenvalue weighted by Crippen LogP contribution is 2.26. The van der Waals surface area contributed by atoms with E-state index in [0.717, 1.165) is 10.6 Å². The normalized spacial score (nSPS) is 11.5. The van der Waals surface area contributed by atoms with E-state index in [4.69, 9.17) is 16.3 Å². The molecule has 0 radical (unpaired) electrons. The Morgan fingerprint density at radius 1 is 1.35 bits per heavy atom. The number of hydrogen-bond acceptors (Lipinski definition) is 4. The summed E-state index contributed by atoms with van der Waals surface area (Å²) in [5.74, 6) is -0.389. The number of carbonyl (C=O) groups excluding carboxylic acids is 1. The molecule has 0 unspecified atom stereocenters. The van der Waals surface area contributed by atoms with Gasteiger partial charge in [0.1, 0.15) is 6.54 Å². The number of hydrogen-bond donors (Lipinski definition) is 1. The molecule has 0 saturated carbocycles. The maximum atomic E-state index is 12.0. The van der Waals surface area contributed by atoms with E-state index in [0.29, 0.717) is 19.6 Å². The lowest BCUT2D eigenvalue weighted by atomic mass is 10.3. The zero-order valence-corrected chi connectivity index (χ0v) is 15.2. The van der Waals surface area contributed by atoms with Crippen molar-refractivity contribution in [2.75, 3.05) is 30.3 Å². The molecule has 1 N–H and O–H groups in total. The molecule has 0 aliphatic carbocycles. The molecule has 1 rings (SSSR count). The maximum Gasteiger partial charge on any atom is 0.240 e. The van der Waals surface area contributed by atoms with E-state index in [2.05, 4.69) is 5.32 Å². The van der Waals surface area contributed by atoms with E-state index >= 15 is 0 Å². The quantitative estimate of drug-likeness (QED) is 0.682. The second kappa shape index (κ2) is 9.10. The van der Waals surface area contributed by atoms with Crippen molar-refractivity contribution in [1.82, 2.24) is 5.32 Å². The Morgan fingerprint density at radius 2 is 2.00 bits per heavy atom. The van der Waals surface area contributed by atoms with Crippen LogP contribution in [0.5, 0.6) is 0 Å². The van der Waals surface area contributed by atoms with E-state index in [1.165, 1.54) is 0 Å². The van der Waals surface area contributed by atoms with Crippen molar-refractivity contribution in [3.05, 3.63) is 29.3 Å². The summed E-state index contributed by atoms with van der Waals surface area (Å²) in [4.78, 5) is 12.0. The van der Waals surface area contributed by atoms with Crippen LogP contribution in [-0.2, 0) is 19.6 Å². The van der Waals surface area contributed by atoms with E-state index in [9.17, 15) is 13.2 Å². The second-order valence-corrected chi connectivity index (χ2v) is 7.66. The molecule has 8 heteroatoms. The monoisotopic (exact) mass is 362 g/mol. The summed E-state index contributed by atoms with van der Waals surface area (Å²) in [7, 11) is -3.62. The molecule has 130 valence electrons. The third-order valence-electron chi connectivity index (χ3n) is 2.90. The van der Waals surface area contributed by atoms with E-state index in [1.54, 1.807) is 24.3 Å². The van der Waals surface area contributed by atoms with Gasteiger partial charge in [0.15, 0.2) is 0 Å². The lowest BCUT2D eigenvalue weighted by Gasteiger charge is -2.22. The highest BCUT2D eigenvalue weighted by molar-refractivity contribution is 7.92. The van der Waals surface area contributed by atoms with Crippen molar-refractivity contribution in [2.45, 2.75) is 26.4 Å². The van der Waals surface area contributed by atoms with Crippen LogP contribution >= 0.6 is 11.6 Å². The van der Waals surface area contributed by atoms with Crippen LogP contribution in [0.15, 0.2) is 24.3 Å². The van der Waals surface area contributed by atoms with Gasteiger partial charge in [0, 0.05) is 13.2 Å². The van der Waals surface area contributed by atoms with Gasteiger partial charge >= 0.3 is 0 Å². The summed E-state index contributed by atoms with van der Waals surface area (Å²) in [5, 5.41) is 2.95. The minimum Gasteiger partial charge on any atom is -0.379 e. The average Bonchev–Trinajstić information content (AvgIpc) is 2.44. The lowest BCUT2D eigenvalue weighted by Crippen LogP contribution is -2.41. The van der Waals surface area contributed by atoms with E-state index in [1.807, 2.05) is 13.8 Å². The molecule has 1 amide bonds. The predicted molar refractivity (Wildman–Crippen MR) is 92.4 cm³/mol. The van der Waals surface area contributed by atoms with Crippen molar-refractivity contribution < 1.29 is 17.9 Å². The summed E-state index contributed by atoms with van der Waals surface area (Å²) in [6.07, 6.45) is 1.85. The molecule has 23 heavy (non-hydrogen) atoms. The largest absolute Gasteiger partial charge is 0.379 e. The molecule has 0 aliphatic rings. The van der Waals surface area contributed by atoms with Crippen molar-refractivity contribution >= 4 is 33.2 Å². The number of para-hydroxylation sites is 1. The molecule has 0 aromatic heterocycles. The van der Waals surface area contributed by atoms with E-state index in [-0.39, 0.29) is 29.3 Å². The molecule has 1 aromatic rings. The first-order chi connectivity index (χ1) is 10.7. The van der Waals surface area contributed by atoms with Gasteiger partial charge in [-0.3, -0.25) is 9.10 Å². The standard InChI is InChI=1S/C15H23ClN2O4S/c1-12(2)22-10-6-9-17-15(19)11-18(23(3,20)21)14-8-5-4-7-13(14)16/h4-5,7-8,12H,6,9-11H2,1-3H3,(H,17,19). The van der Waals surface area contributed by atoms with Crippen molar-refractivity contribution in [3.63, 3.8) is 0 Å². The third kappa shape index (κ3) is 7.20. The zero-order chi connectivity index (χ0) is 17.5. The Balaban J connectivity index is 2.62. The van der Waals surface area contributed by atoms with Crippen LogP contribution in [0.3, 0.4) is 0 Å². The topological polar surface area (TPSA) is 75.7 Å². The Morgan fingerprint density at radius 3 is 2.57 bits per heavy atom. The Kier molecular flexibility index (Phi) is 7.81. The first-order valence-corrected chi connectivity index (χ1v) is 9.55. The van der Waals surface area contributed by atoms with Crippen LogP contribution in [-0.4, -0.2) is 46.4 Å². The molecule has 0 fully saturated rings. The van der Waals surface area contributed by atoms with Crippen molar-refractivity contribution in [2.24, 2.45) is 0 Å². The number of ether oxygens (including phenoxy) is 1. The summed E-state index contributed by atoms with van der Waals surface area (Å²) >= 11 is 6.03. The van der Waals surface area contributed by atoms with Crippen LogP contribution in [0.1, 0.15) is 20.3 Å². The van der Waals surface area contributed by atoms with Crippen LogP contribution in [0.2, 0.25) is 5.02 Å². The summed E-state index contributed by atoms with van der Waals surface area (Å²) in [6, 6.07) is 6.50. The molecule has 6 nitrogen and oxygen atoms in total. The first kappa shape index (κ1) is 19.7. The Labute approximate surface area is 142 Å². The number of anilines is 1. The van der Waals surface area contributed by atoms with Crippen LogP contribution in [0.25, 0.3) is 0 Å². The molecule has 0 aliphatic heterocycles. The molecular formula is C15H23ClN2O4S. The molecule has 0 heterocycles. The molecule has 1 aromatic carbocycles. The highest BCUT2D eigenvalue weighted by Gasteiger charge is 2.22. The number of carbonyl (C=O) groups is 1. The van der Waals surface area contributed by atoms with Gasteiger partial charge in [-0.05, 0) is 32.4 Å². The van der Waals surface area contributed by atoms with Crippen LogP contribution < -0.4 is 9.62 Å². The number of nitrogens with one attached hydrogen (secondary N) is 1. The molecule has 0 saturated heterocycles. The second-order valence-electron chi connectivity index (χ2n) is 5.34. The molecule has 0 atom stereocenters. The van der Waals surface area contributed by atoms with Gasteiger partial charge in [0.25, 0.3) is 0 Å². The maximum absolute atomic E-state index is 12.0. The fourth-order valence-corrected chi connectivity index (χ4v) is 3.00. The minimum absolute atomic E-state index is 0.145. The summed E-state index contributed by atoms with van der Waals surface area (Å²) in [6.45, 7) is 4.52. The Bertz CT molecular complexity index is 620. The van der Waals surface area contributed by atoms with Gasteiger partial charge in [-0.1, -0.05) is 23.7 Å². The SMILES string of the molecule is CC(C)OCCCNC(=O)CN(c1ccccc1Cl)S(C)(=O)=O. The number of rotatable bonds is 9. The summed E-state index contributed by atoms with van der Waals surface area (Å²) in [5.41, 5.74) is 0.287. The number of nitrogens with zero attached hydrogens (tertiary/aromatic N) is 1. The average molecular weight is 363 g/mol.